The molecule has 0 heterocycles. The fourth-order valence-corrected chi connectivity index (χ4v) is 1.86. The fourth-order valence-electron chi connectivity index (χ4n) is 1.86. The summed E-state index contributed by atoms with van der Waals surface area (Å²) in [6.45, 7) is 5.17. The molecule has 1 aromatic rings. The molecule has 1 rings (SSSR count). The van der Waals surface area contributed by atoms with E-state index in [1.165, 1.54) is 6.92 Å². The van der Waals surface area contributed by atoms with Gasteiger partial charge in [0.05, 0.1) is 0 Å². The van der Waals surface area contributed by atoms with Crippen LogP contribution in [0.1, 0.15) is 27.2 Å². The van der Waals surface area contributed by atoms with E-state index in [4.69, 9.17) is 5.11 Å². The molecule has 0 aromatic heterocycles. The Balaban J connectivity index is 2.60. The van der Waals surface area contributed by atoms with Gasteiger partial charge in [-0.15, -0.1) is 0 Å². The first kappa shape index (κ1) is 17.5. The highest BCUT2D eigenvalue weighted by Crippen LogP contribution is 2.13. The number of hydrogen-bond acceptors (Lipinski definition) is 3. The highest BCUT2D eigenvalue weighted by molar-refractivity contribution is 5.93. The van der Waals surface area contributed by atoms with Crippen molar-refractivity contribution in [3.8, 4) is 0 Å². The molecular weight excluding hydrogens is 286 g/mol. The summed E-state index contributed by atoms with van der Waals surface area (Å²) < 4.78 is 0. The molecule has 3 amide bonds. The van der Waals surface area contributed by atoms with Gasteiger partial charge >= 0.3 is 12.0 Å². The molecule has 0 aliphatic carbocycles. The number of urea groups is 1. The van der Waals surface area contributed by atoms with Gasteiger partial charge in [0.2, 0.25) is 5.91 Å². The van der Waals surface area contributed by atoms with Gasteiger partial charge in [-0.25, -0.2) is 9.59 Å². The van der Waals surface area contributed by atoms with Gasteiger partial charge in [-0.3, -0.25) is 4.79 Å². The van der Waals surface area contributed by atoms with E-state index in [1.54, 1.807) is 24.3 Å². The Morgan fingerprint density at radius 1 is 1.05 bits per heavy atom. The van der Waals surface area contributed by atoms with Crippen molar-refractivity contribution >= 4 is 29.3 Å². The number of hydrogen-bond donors (Lipinski definition) is 4. The zero-order valence-corrected chi connectivity index (χ0v) is 12.8. The van der Waals surface area contributed by atoms with Crippen molar-refractivity contribution < 1.29 is 19.5 Å². The minimum absolute atomic E-state index is 0.151. The van der Waals surface area contributed by atoms with E-state index < -0.39 is 18.0 Å². The average molecular weight is 307 g/mol. The van der Waals surface area contributed by atoms with Crippen molar-refractivity contribution in [3.05, 3.63) is 24.3 Å². The summed E-state index contributed by atoms with van der Waals surface area (Å²) in [4.78, 5) is 33.8. The molecule has 120 valence electrons. The molecule has 0 aliphatic rings. The lowest BCUT2D eigenvalue weighted by Crippen LogP contribution is -2.43. The summed E-state index contributed by atoms with van der Waals surface area (Å²) in [5.74, 6) is -1.10. The van der Waals surface area contributed by atoms with E-state index in [0.29, 0.717) is 17.8 Å². The Kier molecular flexibility index (Phi) is 6.37. The van der Waals surface area contributed by atoms with Gasteiger partial charge in [-0.1, -0.05) is 13.8 Å². The van der Waals surface area contributed by atoms with Crippen LogP contribution in [0.2, 0.25) is 0 Å². The Labute approximate surface area is 129 Å². The van der Waals surface area contributed by atoms with E-state index in [9.17, 15) is 14.4 Å². The summed E-state index contributed by atoms with van der Waals surface area (Å²) in [6, 6.07) is 4.99. The quantitative estimate of drug-likeness (QED) is 0.646. The molecule has 1 atom stereocenters. The summed E-state index contributed by atoms with van der Waals surface area (Å²) in [5, 5.41) is 16.7. The first-order valence-electron chi connectivity index (χ1n) is 6.96. The van der Waals surface area contributed by atoms with Gasteiger partial charge in [0.15, 0.2) is 0 Å². The van der Waals surface area contributed by atoms with Crippen LogP contribution in [0.3, 0.4) is 0 Å². The van der Waals surface area contributed by atoms with Gasteiger partial charge in [-0.05, 0) is 36.6 Å². The van der Waals surface area contributed by atoms with Crippen LogP contribution < -0.4 is 16.0 Å². The van der Waals surface area contributed by atoms with Crippen molar-refractivity contribution in [1.82, 2.24) is 5.32 Å². The molecular formula is C15H21N3O4. The zero-order valence-electron chi connectivity index (χ0n) is 12.8. The van der Waals surface area contributed by atoms with Crippen LogP contribution in [-0.2, 0) is 9.59 Å². The largest absolute Gasteiger partial charge is 0.480 e. The molecule has 7 heteroatoms. The third-order valence-electron chi connectivity index (χ3n) is 2.77. The van der Waals surface area contributed by atoms with Crippen LogP contribution in [0.5, 0.6) is 0 Å². The molecule has 7 nitrogen and oxygen atoms in total. The fraction of sp³-hybridized carbons (Fsp3) is 0.400. The second-order valence-corrected chi connectivity index (χ2v) is 5.38. The van der Waals surface area contributed by atoms with Crippen LogP contribution in [0, 0.1) is 5.92 Å². The van der Waals surface area contributed by atoms with Crippen LogP contribution in [0.15, 0.2) is 24.3 Å². The Morgan fingerprint density at radius 3 is 1.95 bits per heavy atom. The number of anilines is 2. The topological polar surface area (TPSA) is 108 Å². The number of carboxylic acids is 1. The molecule has 0 aliphatic heterocycles. The van der Waals surface area contributed by atoms with Gasteiger partial charge < -0.3 is 21.1 Å². The standard InChI is InChI=1S/C15H21N3O4/c1-9(2)8-13(14(20)21)18-15(22)17-12-6-4-11(5-7-12)16-10(3)19/h4-7,9,13H,8H2,1-3H3,(H,16,19)(H,20,21)(H2,17,18,22). The lowest BCUT2D eigenvalue weighted by atomic mass is 10.0. The van der Waals surface area contributed by atoms with Crippen molar-refractivity contribution in [2.45, 2.75) is 33.2 Å². The number of rotatable bonds is 6. The summed E-state index contributed by atoms with van der Waals surface area (Å²) in [6.07, 6.45) is 0.351. The van der Waals surface area contributed by atoms with Crippen LogP contribution in [0.4, 0.5) is 16.2 Å². The average Bonchev–Trinajstić information content (AvgIpc) is 2.39. The summed E-state index contributed by atoms with van der Waals surface area (Å²) in [7, 11) is 0. The second-order valence-electron chi connectivity index (χ2n) is 5.38. The normalized spacial score (nSPS) is 11.6. The predicted octanol–water partition coefficient (Wildman–Crippen LogP) is 2.27. The second kappa shape index (κ2) is 8.02. The van der Waals surface area contributed by atoms with Gasteiger partial charge in [0.25, 0.3) is 0 Å². The third-order valence-corrected chi connectivity index (χ3v) is 2.77. The first-order chi connectivity index (χ1) is 10.3. The molecule has 1 unspecified atom stereocenters. The maximum Gasteiger partial charge on any atom is 0.326 e. The SMILES string of the molecule is CC(=O)Nc1ccc(NC(=O)NC(CC(C)C)C(=O)O)cc1. The van der Waals surface area contributed by atoms with Crippen molar-refractivity contribution in [3.63, 3.8) is 0 Å². The monoisotopic (exact) mass is 307 g/mol. The molecule has 0 bridgehead atoms. The number of benzene rings is 1. The maximum atomic E-state index is 11.8. The Bertz CT molecular complexity index is 540. The Morgan fingerprint density at radius 2 is 1.55 bits per heavy atom. The van der Waals surface area contributed by atoms with Gasteiger partial charge in [0.1, 0.15) is 6.04 Å². The molecule has 0 saturated carbocycles. The van der Waals surface area contributed by atoms with Gasteiger partial charge in [-0.2, -0.15) is 0 Å². The summed E-state index contributed by atoms with van der Waals surface area (Å²) >= 11 is 0. The number of nitrogens with one attached hydrogen (secondary N) is 3. The molecule has 0 radical (unpaired) electrons. The zero-order chi connectivity index (χ0) is 16.7. The van der Waals surface area contributed by atoms with E-state index in [-0.39, 0.29) is 11.8 Å². The molecule has 0 spiro atoms. The van der Waals surface area contributed by atoms with E-state index in [1.807, 2.05) is 13.8 Å². The van der Waals surface area contributed by atoms with E-state index in [2.05, 4.69) is 16.0 Å². The molecule has 4 N–H and O–H groups in total. The molecule has 1 aromatic carbocycles. The van der Waals surface area contributed by atoms with Crippen molar-refractivity contribution in [2.24, 2.45) is 5.92 Å². The smallest absolute Gasteiger partial charge is 0.326 e. The van der Waals surface area contributed by atoms with Crippen LogP contribution in [-0.4, -0.2) is 29.1 Å². The minimum atomic E-state index is -1.06. The lowest BCUT2D eigenvalue weighted by Gasteiger charge is -2.17. The number of carboxylic acid groups (broad SMARTS) is 1. The van der Waals surface area contributed by atoms with Crippen LogP contribution >= 0.6 is 0 Å². The van der Waals surface area contributed by atoms with Crippen molar-refractivity contribution in [1.29, 1.82) is 0 Å². The number of amides is 3. The number of carbonyl (C=O) groups excluding carboxylic acids is 2. The maximum absolute atomic E-state index is 11.8. The Hall–Kier alpha value is -2.57. The molecule has 0 fully saturated rings. The van der Waals surface area contributed by atoms with E-state index >= 15 is 0 Å². The number of carbonyl (C=O) groups is 3. The third kappa shape index (κ3) is 6.25. The highest BCUT2D eigenvalue weighted by Gasteiger charge is 2.20. The summed E-state index contributed by atoms with van der Waals surface area (Å²) in [5.41, 5.74) is 1.11. The minimum Gasteiger partial charge on any atom is -0.480 e. The molecule has 0 saturated heterocycles. The lowest BCUT2D eigenvalue weighted by molar-refractivity contribution is -0.139. The van der Waals surface area contributed by atoms with Crippen molar-refractivity contribution in [2.75, 3.05) is 10.6 Å². The van der Waals surface area contributed by atoms with Crippen LogP contribution in [0.25, 0.3) is 0 Å². The molecule has 22 heavy (non-hydrogen) atoms. The van der Waals surface area contributed by atoms with E-state index in [0.717, 1.165) is 0 Å². The predicted molar refractivity (Wildman–Crippen MR) is 83.8 cm³/mol. The first-order valence-corrected chi connectivity index (χ1v) is 6.96. The number of aliphatic carboxylic acids is 1. The van der Waals surface area contributed by atoms with Gasteiger partial charge in [0, 0.05) is 18.3 Å². The highest BCUT2D eigenvalue weighted by atomic mass is 16.4.